The van der Waals surface area contributed by atoms with E-state index < -0.39 is 27.9 Å². The lowest BCUT2D eigenvalue weighted by Gasteiger charge is -2.36. The predicted molar refractivity (Wildman–Crippen MR) is 116 cm³/mol. The van der Waals surface area contributed by atoms with Gasteiger partial charge in [-0.15, -0.1) is 11.3 Å². The Kier molecular flexibility index (Phi) is 6.93. The highest BCUT2D eigenvalue weighted by atomic mass is 32.2. The third kappa shape index (κ3) is 4.94. The average Bonchev–Trinajstić information content (AvgIpc) is 3.27. The first-order valence-electron chi connectivity index (χ1n) is 9.76. The molecule has 2 aromatic rings. The summed E-state index contributed by atoms with van der Waals surface area (Å²) in [5.74, 6) is 5.21. The zero-order valence-electron chi connectivity index (χ0n) is 17.4. The average molecular weight is 489 g/mol. The van der Waals surface area contributed by atoms with Gasteiger partial charge in [0.05, 0.1) is 5.69 Å². The van der Waals surface area contributed by atoms with Gasteiger partial charge in [0.2, 0.25) is 0 Å². The highest BCUT2D eigenvalue weighted by Crippen LogP contribution is 2.40. The number of hydrogen-bond acceptors (Lipinski definition) is 6. The Bertz CT molecular complexity index is 1110. The van der Waals surface area contributed by atoms with E-state index in [2.05, 4.69) is 11.8 Å². The van der Waals surface area contributed by atoms with Crippen molar-refractivity contribution in [1.82, 2.24) is 4.31 Å². The van der Waals surface area contributed by atoms with Crippen LogP contribution in [0.15, 0.2) is 39.9 Å². The molecule has 0 amide bonds. The normalized spacial score (nSPS) is 18.5. The predicted octanol–water partition coefficient (Wildman–Crippen LogP) is 2.76. The number of piperazine rings is 1. The van der Waals surface area contributed by atoms with Crippen LogP contribution in [0.2, 0.25) is 0 Å². The van der Waals surface area contributed by atoms with E-state index in [4.69, 9.17) is 0 Å². The number of anilines is 1. The van der Waals surface area contributed by atoms with Crippen molar-refractivity contribution in [3.63, 3.8) is 0 Å². The second-order valence-corrected chi connectivity index (χ2v) is 10.7. The SMILES string of the molecule is C[C@@H](O)C#Cc1cc(C(C)(O)C(F)(F)F)ccc1N1CCN(S(=O)(=O)c2cccs2)CC1. The van der Waals surface area contributed by atoms with Crippen molar-refractivity contribution in [2.24, 2.45) is 0 Å². The Morgan fingerprint density at radius 2 is 1.81 bits per heavy atom. The summed E-state index contributed by atoms with van der Waals surface area (Å²) in [7, 11) is -3.59. The third-order valence-electron chi connectivity index (χ3n) is 5.19. The molecule has 0 radical (unpaired) electrons. The molecule has 0 spiro atoms. The van der Waals surface area contributed by atoms with Crippen LogP contribution in [0.4, 0.5) is 18.9 Å². The van der Waals surface area contributed by atoms with Crippen LogP contribution in [-0.2, 0) is 15.6 Å². The number of benzene rings is 1. The van der Waals surface area contributed by atoms with Gasteiger partial charge in [-0.05, 0) is 43.0 Å². The van der Waals surface area contributed by atoms with Gasteiger partial charge in [-0.3, -0.25) is 0 Å². The van der Waals surface area contributed by atoms with Crippen molar-refractivity contribution in [2.75, 3.05) is 31.1 Å². The standard InChI is InChI=1S/C21H23F3N2O4S2/c1-15(27)5-6-16-14-17(20(2,28)21(22,23)24)7-8-18(16)25-9-11-26(12-10-25)32(29,30)19-4-3-13-31-19/h3-4,7-8,13-15,27-28H,9-12H2,1-2H3/t15-,20?/m1/s1. The molecule has 1 fully saturated rings. The van der Waals surface area contributed by atoms with Crippen LogP contribution in [0.3, 0.4) is 0 Å². The van der Waals surface area contributed by atoms with Gasteiger partial charge in [0.25, 0.3) is 10.0 Å². The van der Waals surface area contributed by atoms with E-state index in [-0.39, 0.29) is 28.4 Å². The quantitative estimate of drug-likeness (QED) is 0.647. The minimum atomic E-state index is -4.88. The van der Waals surface area contributed by atoms with Crippen LogP contribution in [0.5, 0.6) is 0 Å². The first-order chi connectivity index (χ1) is 14.8. The van der Waals surface area contributed by atoms with Gasteiger partial charge in [-0.2, -0.15) is 17.5 Å². The zero-order valence-corrected chi connectivity index (χ0v) is 19.1. The van der Waals surface area contributed by atoms with E-state index in [1.807, 2.05) is 4.90 Å². The number of sulfonamides is 1. The lowest BCUT2D eigenvalue weighted by molar-refractivity contribution is -0.258. The van der Waals surface area contributed by atoms with Gasteiger partial charge in [0.15, 0.2) is 5.60 Å². The van der Waals surface area contributed by atoms with Gasteiger partial charge in [-0.1, -0.05) is 24.0 Å². The van der Waals surface area contributed by atoms with Crippen LogP contribution in [0.25, 0.3) is 0 Å². The first-order valence-corrected chi connectivity index (χ1v) is 12.1. The number of thiophene rings is 1. The molecule has 2 heterocycles. The Morgan fingerprint density at radius 3 is 2.34 bits per heavy atom. The largest absolute Gasteiger partial charge is 0.421 e. The maximum atomic E-state index is 13.3. The Morgan fingerprint density at radius 1 is 1.16 bits per heavy atom. The molecule has 1 aromatic heterocycles. The molecule has 1 aromatic carbocycles. The molecule has 1 saturated heterocycles. The van der Waals surface area contributed by atoms with Crippen LogP contribution < -0.4 is 4.90 Å². The molecule has 2 N–H and O–H groups in total. The third-order valence-corrected chi connectivity index (χ3v) is 8.47. The summed E-state index contributed by atoms with van der Waals surface area (Å²) in [4.78, 5) is 1.83. The molecule has 174 valence electrons. The van der Waals surface area contributed by atoms with E-state index in [0.717, 1.165) is 17.4 Å². The monoisotopic (exact) mass is 488 g/mol. The second-order valence-electron chi connectivity index (χ2n) is 7.57. The van der Waals surface area contributed by atoms with Crippen molar-refractivity contribution >= 4 is 27.0 Å². The van der Waals surface area contributed by atoms with Crippen molar-refractivity contribution < 1.29 is 31.8 Å². The number of alkyl halides is 3. The number of aliphatic hydroxyl groups is 2. The van der Waals surface area contributed by atoms with Crippen molar-refractivity contribution in [3.05, 3.63) is 46.8 Å². The number of nitrogens with zero attached hydrogens (tertiary/aromatic N) is 2. The second kappa shape index (κ2) is 9.03. The number of halogens is 3. The lowest BCUT2D eigenvalue weighted by atomic mass is 9.93. The van der Waals surface area contributed by atoms with Gasteiger partial charge in [-0.25, -0.2) is 8.42 Å². The van der Waals surface area contributed by atoms with Crippen LogP contribution >= 0.6 is 11.3 Å². The van der Waals surface area contributed by atoms with Crippen molar-refractivity contribution in [3.8, 4) is 11.8 Å². The molecule has 1 aliphatic heterocycles. The summed E-state index contributed by atoms with van der Waals surface area (Å²) in [6, 6.07) is 6.99. The zero-order chi connectivity index (χ0) is 23.7. The lowest BCUT2D eigenvalue weighted by Crippen LogP contribution is -2.48. The molecule has 32 heavy (non-hydrogen) atoms. The van der Waals surface area contributed by atoms with E-state index in [1.54, 1.807) is 17.5 Å². The molecular weight excluding hydrogens is 465 g/mol. The Balaban J connectivity index is 1.89. The summed E-state index contributed by atoms with van der Waals surface area (Å²) in [5, 5.41) is 21.2. The van der Waals surface area contributed by atoms with Crippen LogP contribution in [0.1, 0.15) is 25.0 Å². The number of hydrogen-bond donors (Lipinski definition) is 2. The summed E-state index contributed by atoms with van der Waals surface area (Å²) in [6.45, 7) is 3.11. The van der Waals surface area contributed by atoms with Crippen LogP contribution in [-0.4, -0.2) is 61.4 Å². The fourth-order valence-corrected chi connectivity index (χ4v) is 5.83. The summed E-state index contributed by atoms with van der Waals surface area (Å²) in [6.07, 6.45) is -5.88. The molecule has 0 aliphatic carbocycles. The molecule has 0 saturated carbocycles. The maximum absolute atomic E-state index is 13.3. The van der Waals surface area contributed by atoms with E-state index in [0.29, 0.717) is 25.7 Å². The van der Waals surface area contributed by atoms with Gasteiger partial charge in [0, 0.05) is 31.7 Å². The van der Waals surface area contributed by atoms with Gasteiger partial charge in [0.1, 0.15) is 10.3 Å². The summed E-state index contributed by atoms with van der Waals surface area (Å²) in [5.41, 5.74) is -2.72. The fraction of sp³-hybridized carbons (Fsp3) is 0.429. The Labute approximate surface area is 189 Å². The van der Waals surface area contributed by atoms with Crippen molar-refractivity contribution in [1.29, 1.82) is 0 Å². The molecule has 0 bridgehead atoms. The molecule has 3 rings (SSSR count). The van der Waals surface area contributed by atoms with Crippen LogP contribution in [0, 0.1) is 11.8 Å². The highest BCUT2D eigenvalue weighted by molar-refractivity contribution is 7.91. The van der Waals surface area contributed by atoms with Crippen molar-refractivity contribution in [2.45, 2.75) is 35.9 Å². The Hall–Kier alpha value is -2.10. The summed E-state index contributed by atoms with van der Waals surface area (Å²) >= 11 is 1.14. The van der Waals surface area contributed by atoms with E-state index in [1.165, 1.54) is 23.4 Å². The smallest absolute Gasteiger partial charge is 0.381 e. The van der Waals surface area contributed by atoms with Gasteiger partial charge >= 0.3 is 6.18 Å². The topological polar surface area (TPSA) is 81.1 Å². The molecular formula is C21H23F3N2O4S2. The maximum Gasteiger partial charge on any atom is 0.421 e. The van der Waals surface area contributed by atoms with Gasteiger partial charge < -0.3 is 15.1 Å². The highest BCUT2D eigenvalue weighted by Gasteiger charge is 2.51. The molecule has 1 unspecified atom stereocenters. The number of aliphatic hydroxyl groups excluding tert-OH is 1. The number of rotatable bonds is 4. The minimum Gasteiger partial charge on any atom is -0.381 e. The minimum absolute atomic E-state index is 0.200. The van der Waals surface area contributed by atoms with E-state index in [9.17, 15) is 31.8 Å². The molecule has 6 nitrogen and oxygen atoms in total. The first kappa shape index (κ1) is 24.5. The molecule has 1 aliphatic rings. The summed E-state index contributed by atoms with van der Waals surface area (Å²) < 4.78 is 66.9. The molecule has 2 atom stereocenters. The van der Waals surface area contributed by atoms with E-state index >= 15 is 0 Å². The molecule has 11 heteroatoms. The fourth-order valence-electron chi connectivity index (χ4n) is 3.27.